The fourth-order valence-electron chi connectivity index (χ4n) is 1.67. The number of halogens is 1. The van der Waals surface area contributed by atoms with E-state index in [9.17, 15) is 0 Å². The Morgan fingerprint density at radius 2 is 2.12 bits per heavy atom. The van der Waals surface area contributed by atoms with Gasteiger partial charge in [-0.1, -0.05) is 38.3 Å². The van der Waals surface area contributed by atoms with Gasteiger partial charge >= 0.3 is 0 Å². The highest BCUT2D eigenvalue weighted by atomic mass is 35.5. The van der Waals surface area contributed by atoms with Crippen LogP contribution >= 0.6 is 34.7 Å². The van der Waals surface area contributed by atoms with Crippen LogP contribution in [0.4, 0.5) is 0 Å². The van der Waals surface area contributed by atoms with Gasteiger partial charge in [0, 0.05) is 10.9 Å². The predicted molar refractivity (Wildman–Crippen MR) is 82.3 cm³/mol. The number of nitrogens with two attached hydrogens (primary N) is 1. The zero-order valence-corrected chi connectivity index (χ0v) is 13.0. The highest BCUT2D eigenvalue weighted by molar-refractivity contribution is 7.99. The van der Waals surface area contributed by atoms with Gasteiger partial charge in [0.25, 0.3) is 0 Å². The lowest BCUT2D eigenvalue weighted by atomic mass is 10.1. The predicted octanol–water partition coefficient (Wildman–Crippen LogP) is 5.10. The van der Waals surface area contributed by atoms with Crippen molar-refractivity contribution in [2.45, 2.75) is 50.8 Å². The highest BCUT2D eigenvalue weighted by Crippen LogP contribution is 2.38. The monoisotopic (exact) mass is 291 g/mol. The molecule has 4 heteroatoms. The molecule has 0 saturated carbocycles. The Bertz CT molecular complexity index is 314. The van der Waals surface area contributed by atoms with Crippen LogP contribution in [0.5, 0.6) is 0 Å². The second-order valence-electron chi connectivity index (χ2n) is 4.21. The van der Waals surface area contributed by atoms with Gasteiger partial charge in [0.05, 0.1) is 9.59 Å². The van der Waals surface area contributed by atoms with Gasteiger partial charge in [-0.15, -0.1) is 11.3 Å². The third kappa shape index (κ3) is 5.21. The number of hydrogen-bond acceptors (Lipinski definition) is 3. The smallest absolute Gasteiger partial charge is 0.0931 e. The number of hydrogen-bond donors (Lipinski definition) is 1. The van der Waals surface area contributed by atoms with E-state index in [0.717, 1.165) is 10.8 Å². The van der Waals surface area contributed by atoms with Crippen LogP contribution < -0.4 is 5.73 Å². The van der Waals surface area contributed by atoms with Crippen molar-refractivity contribution in [2.75, 3.05) is 5.75 Å². The maximum atomic E-state index is 6.22. The zero-order chi connectivity index (χ0) is 12.7. The van der Waals surface area contributed by atoms with Crippen molar-refractivity contribution < 1.29 is 0 Å². The van der Waals surface area contributed by atoms with Gasteiger partial charge in [-0.3, -0.25) is 0 Å². The van der Waals surface area contributed by atoms with Crippen molar-refractivity contribution in [2.24, 2.45) is 5.73 Å². The highest BCUT2D eigenvalue weighted by Gasteiger charge is 2.20. The summed E-state index contributed by atoms with van der Waals surface area (Å²) in [5, 5.41) is 0.411. The Labute approximate surface area is 118 Å². The number of thioether (sulfide) groups is 1. The normalized spacial score (nSPS) is 14.8. The zero-order valence-electron chi connectivity index (χ0n) is 10.6. The van der Waals surface area contributed by atoms with Crippen molar-refractivity contribution in [3.05, 3.63) is 21.3 Å². The van der Waals surface area contributed by atoms with Gasteiger partial charge < -0.3 is 5.73 Å². The first kappa shape index (κ1) is 15.4. The lowest BCUT2D eigenvalue weighted by molar-refractivity contribution is 0.638. The van der Waals surface area contributed by atoms with Crippen LogP contribution in [-0.4, -0.2) is 11.8 Å². The first-order chi connectivity index (χ1) is 8.19. The summed E-state index contributed by atoms with van der Waals surface area (Å²) in [7, 11) is 0. The average Bonchev–Trinajstić information content (AvgIpc) is 2.75. The molecule has 1 aromatic heterocycles. The van der Waals surface area contributed by atoms with E-state index in [-0.39, 0.29) is 6.04 Å². The molecule has 1 nitrogen and oxygen atoms in total. The molecule has 0 bridgehead atoms. The third-order valence-corrected chi connectivity index (χ3v) is 5.73. The van der Waals surface area contributed by atoms with Crippen LogP contribution in [0.2, 0.25) is 4.34 Å². The van der Waals surface area contributed by atoms with Crippen molar-refractivity contribution in [1.29, 1.82) is 0 Å². The largest absolute Gasteiger partial charge is 0.326 e. The first-order valence-electron chi connectivity index (χ1n) is 6.31. The minimum atomic E-state index is 0.233. The van der Waals surface area contributed by atoms with Crippen LogP contribution in [0, 0.1) is 0 Å². The summed E-state index contributed by atoms with van der Waals surface area (Å²) in [6, 6.07) is 4.33. The molecule has 0 amide bonds. The summed E-state index contributed by atoms with van der Waals surface area (Å²) in [5.74, 6) is 1.20. The Balaban J connectivity index is 2.55. The Morgan fingerprint density at radius 1 is 1.35 bits per heavy atom. The van der Waals surface area contributed by atoms with E-state index in [0.29, 0.717) is 5.25 Å². The van der Waals surface area contributed by atoms with E-state index in [2.05, 4.69) is 19.9 Å². The van der Waals surface area contributed by atoms with E-state index in [1.54, 1.807) is 11.3 Å². The Hall–Kier alpha value is 0.300. The van der Waals surface area contributed by atoms with E-state index < -0.39 is 0 Å². The molecule has 0 aliphatic rings. The van der Waals surface area contributed by atoms with E-state index in [1.807, 2.05) is 17.8 Å². The second kappa shape index (κ2) is 8.41. The Kier molecular flexibility index (Phi) is 7.60. The molecule has 17 heavy (non-hydrogen) atoms. The molecular formula is C13H22ClNS2. The van der Waals surface area contributed by atoms with Gasteiger partial charge in [-0.25, -0.2) is 0 Å². The topological polar surface area (TPSA) is 26.0 Å². The van der Waals surface area contributed by atoms with Crippen molar-refractivity contribution >= 4 is 34.7 Å². The third-order valence-electron chi connectivity index (χ3n) is 2.78. The molecule has 2 atom stereocenters. The molecule has 0 spiro atoms. The minimum Gasteiger partial charge on any atom is -0.326 e. The molecule has 98 valence electrons. The lowest BCUT2D eigenvalue weighted by Crippen LogP contribution is -2.25. The lowest BCUT2D eigenvalue weighted by Gasteiger charge is -2.21. The van der Waals surface area contributed by atoms with E-state index >= 15 is 0 Å². The molecule has 0 fully saturated rings. The van der Waals surface area contributed by atoms with Gasteiger partial charge in [0.1, 0.15) is 0 Å². The molecule has 0 saturated heterocycles. The number of rotatable bonds is 8. The van der Waals surface area contributed by atoms with E-state index in [1.165, 1.54) is 29.9 Å². The number of thiophene rings is 1. The van der Waals surface area contributed by atoms with Gasteiger partial charge in [-0.05, 0) is 30.7 Å². The molecule has 2 unspecified atom stereocenters. The molecule has 0 aromatic carbocycles. The summed E-state index contributed by atoms with van der Waals surface area (Å²) >= 11 is 9.66. The minimum absolute atomic E-state index is 0.233. The van der Waals surface area contributed by atoms with Gasteiger partial charge in [0.15, 0.2) is 0 Å². The maximum absolute atomic E-state index is 6.22. The van der Waals surface area contributed by atoms with Crippen LogP contribution in [-0.2, 0) is 0 Å². The fourth-order valence-corrected chi connectivity index (χ4v) is 4.45. The molecule has 2 N–H and O–H groups in total. The van der Waals surface area contributed by atoms with Crippen LogP contribution in [0.25, 0.3) is 0 Å². The molecule has 0 radical (unpaired) electrons. The summed E-state index contributed by atoms with van der Waals surface area (Å²) < 4.78 is 0.863. The summed E-state index contributed by atoms with van der Waals surface area (Å²) in [5.41, 5.74) is 6.22. The van der Waals surface area contributed by atoms with Crippen LogP contribution in [0.15, 0.2) is 12.1 Å². The van der Waals surface area contributed by atoms with Crippen molar-refractivity contribution in [1.82, 2.24) is 0 Å². The summed E-state index contributed by atoms with van der Waals surface area (Å²) in [6.45, 7) is 4.39. The molecule has 1 heterocycles. The quantitative estimate of drug-likeness (QED) is 0.674. The van der Waals surface area contributed by atoms with Crippen LogP contribution in [0.1, 0.15) is 49.7 Å². The SMILES string of the molecule is CCCCCSC(c1ccc(Cl)s1)C(N)CC. The summed E-state index contributed by atoms with van der Waals surface area (Å²) in [4.78, 5) is 1.32. The Morgan fingerprint density at radius 3 is 2.65 bits per heavy atom. The standard InChI is InChI=1S/C13H22ClNS2/c1-3-5-6-9-16-13(10(15)4-2)11-7-8-12(14)17-11/h7-8,10,13H,3-6,9,15H2,1-2H3. The van der Waals surface area contributed by atoms with Crippen LogP contribution in [0.3, 0.4) is 0 Å². The van der Waals surface area contributed by atoms with Crippen molar-refractivity contribution in [3.8, 4) is 0 Å². The average molecular weight is 292 g/mol. The number of unbranched alkanes of at least 4 members (excludes halogenated alkanes) is 2. The molecule has 0 aliphatic heterocycles. The molecule has 0 aliphatic carbocycles. The van der Waals surface area contributed by atoms with Crippen molar-refractivity contribution in [3.63, 3.8) is 0 Å². The maximum Gasteiger partial charge on any atom is 0.0931 e. The fraction of sp³-hybridized carbons (Fsp3) is 0.692. The molecule has 1 aromatic rings. The second-order valence-corrected chi connectivity index (χ2v) is 7.21. The molecule has 1 rings (SSSR count). The van der Waals surface area contributed by atoms with Gasteiger partial charge in [-0.2, -0.15) is 11.8 Å². The van der Waals surface area contributed by atoms with Gasteiger partial charge in [0.2, 0.25) is 0 Å². The summed E-state index contributed by atoms with van der Waals surface area (Å²) in [6.07, 6.45) is 4.89. The molecular weight excluding hydrogens is 270 g/mol. The first-order valence-corrected chi connectivity index (χ1v) is 8.55. The van der Waals surface area contributed by atoms with E-state index in [4.69, 9.17) is 17.3 Å².